The molecule has 2 aromatic rings. The van der Waals surface area contributed by atoms with Gasteiger partial charge in [0.1, 0.15) is 5.76 Å². The Morgan fingerprint density at radius 3 is 2.78 bits per heavy atom. The van der Waals surface area contributed by atoms with Gasteiger partial charge >= 0.3 is 5.97 Å². The van der Waals surface area contributed by atoms with Crippen LogP contribution in [0.15, 0.2) is 33.6 Å². The topological polar surface area (TPSA) is 72.4 Å². The molecule has 5 nitrogen and oxygen atoms in total. The van der Waals surface area contributed by atoms with Crippen molar-refractivity contribution in [3.63, 3.8) is 0 Å². The number of nitrogens with zero attached hydrogens (tertiary/aromatic N) is 1. The van der Waals surface area contributed by atoms with Crippen molar-refractivity contribution < 1.29 is 14.3 Å². The van der Waals surface area contributed by atoms with Crippen LogP contribution in [0.2, 0.25) is 0 Å². The molecule has 2 rings (SSSR count). The van der Waals surface area contributed by atoms with Crippen LogP contribution in [0.25, 0.3) is 0 Å². The van der Waals surface area contributed by atoms with Gasteiger partial charge in [0.05, 0.1) is 6.54 Å². The van der Waals surface area contributed by atoms with Crippen LogP contribution >= 0.6 is 0 Å². The molecule has 0 amide bonds. The van der Waals surface area contributed by atoms with E-state index in [1.165, 1.54) is 10.6 Å². The lowest BCUT2D eigenvalue weighted by atomic mass is 10.2. The fourth-order valence-electron chi connectivity index (χ4n) is 1.75. The van der Waals surface area contributed by atoms with Gasteiger partial charge in [0.25, 0.3) is 5.56 Å². The highest BCUT2D eigenvalue weighted by Gasteiger charge is 2.13. The summed E-state index contributed by atoms with van der Waals surface area (Å²) < 4.78 is 6.63. The lowest BCUT2D eigenvalue weighted by Gasteiger charge is -2.04. The number of carboxylic acids is 1. The second kappa shape index (κ2) is 4.52. The van der Waals surface area contributed by atoms with E-state index in [0.29, 0.717) is 23.4 Å². The maximum Gasteiger partial charge on any atom is 0.371 e. The Hall–Kier alpha value is -2.30. The minimum absolute atomic E-state index is 0.0880. The second-order valence-electron chi connectivity index (χ2n) is 4.12. The van der Waals surface area contributed by atoms with Gasteiger partial charge in [-0.05, 0) is 26.0 Å². The Morgan fingerprint density at radius 1 is 1.44 bits per heavy atom. The molecule has 1 N–H and O–H groups in total. The standard InChI is InChI=1S/C13H13NO4/c1-8-4-3-5-14(12(8)15)7-10-6-11(13(16)17)18-9(10)2/h3-6H,7H2,1-2H3,(H,16,17). The smallest absolute Gasteiger partial charge is 0.371 e. The molecule has 0 saturated heterocycles. The molecule has 0 spiro atoms. The van der Waals surface area contributed by atoms with Crippen LogP contribution in [0.3, 0.4) is 0 Å². The molecule has 5 heteroatoms. The molecule has 0 unspecified atom stereocenters. The summed E-state index contributed by atoms with van der Waals surface area (Å²) in [6, 6.07) is 4.97. The number of rotatable bonds is 3. The zero-order valence-corrected chi connectivity index (χ0v) is 10.1. The summed E-state index contributed by atoms with van der Waals surface area (Å²) in [5, 5.41) is 8.83. The third kappa shape index (κ3) is 2.20. The third-order valence-electron chi connectivity index (χ3n) is 2.78. The summed E-state index contributed by atoms with van der Waals surface area (Å²) in [6.07, 6.45) is 1.67. The number of furan rings is 1. The van der Waals surface area contributed by atoms with E-state index in [9.17, 15) is 9.59 Å². The first-order chi connectivity index (χ1) is 8.49. The summed E-state index contributed by atoms with van der Waals surface area (Å²) in [4.78, 5) is 22.6. The molecule has 0 aliphatic carbocycles. The van der Waals surface area contributed by atoms with E-state index in [0.717, 1.165) is 0 Å². The molecule has 0 atom stereocenters. The zero-order valence-electron chi connectivity index (χ0n) is 10.1. The van der Waals surface area contributed by atoms with E-state index in [1.54, 1.807) is 32.2 Å². The van der Waals surface area contributed by atoms with Crippen LogP contribution in [0.5, 0.6) is 0 Å². The van der Waals surface area contributed by atoms with Crippen molar-refractivity contribution in [2.45, 2.75) is 20.4 Å². The third-order valence-corrected chi connectivity index (χ3v) is 2.78. The van der Waals surface area contributed by atoms with E-state index in [1.807, 2.05) is 0 Å². The first-order valence-electron chi connectivity index (χ1n) is 5.47. The van der Waals surface area contributed by atoms with E-state index in [-0.39, 0.29) is 11.3 Å². The maximum atomic E-state index is 11.8. The quantitative estimate of drug-likeness (QED) is 0.897. The SMILES string of the molecule is Cc1oc(C(=O)O)cc1Cn1cccc(C)c1=O. The molecule has 0 fully saturated rings. The normalized spacial score (nSPS) is 10.6. The van der Waals surface area contributed by atoms with Crippen LogP contribution in [0, 0.1) is 13.8 Å². The molecule has 0 aromatic carbocycles. The highest BCUT2D eigenvalue weighted by atomic mass is 16.4. The van der Waals surface area contributed by atoms with Crippen molar-refractivity contribution in [3.8, 4) is 0 Å². The number of hydrogen-bond acceptors (Lipinski definition) is 3. The van der Waals surface area contributed by atoms with E-state index >= 15 is 0 Å². The summed E-state index contributed by atoms with van der Waals surface area (Å²) in [5.41, 5.74) is 1.26. The van der Waals surface area contributed by atoms with Crippen LogP contribution in [0.4, 0.5) is 0 Å². The highest BCUT2D eigenvalue weighted by Crippen LogP contribution is 2.15. The first-order valence-corrected chi connectivity index (χ1v) is 5.47. The number of aryl methyl sites for hydroxylation is 2. The minimum Gasteiger partial charge on any atom is -0.475 e. The molecule has 0 aliphatic heterocycles. The summed E-state index contributed by atoms with van der Waals surface area (Å²) in [7, 11) is 0. The lowest BCUT2D eigenvalue weighted by Crippen LogP contribution is -2.21. The van der Waals surface area contributed by atoms with E-state index < -0.39 is 5.97 Å². The molecule has 0 aliphatic rings. The van der Waals surface area contributed by atoms with Gasteiger partial charge in [0.2, 0.25) is 5.76 Å². The average Bonchev–Trinajstić information content (AvgIpc) is 2.67. The van der Waals surface area contributed by atoms with Crippen LogP contribution in [-0.4, -0.2) is 15.6 Å². The number of hydrogen-bond donors (Lipinski definition) is 1. The fraction of sp³-hybridized carbons (Fsp3) is 0.231. The molecule has 2 aromatic heterocycles. The van der Waals surface area contributed by atoms with Gasteiger partial charge in [-0.3, -0.25) is 4.79 Å². The van der Waals surface area contributed by atoms with E-state index in [4.69, 9.17) is 9.52 Å². The summed E-state index contributed by atoms with van der Waals surface area (Å²) in [5.74, 6) is -0.704. The number of pyridine rings is 1. The van der Waals surface area contributed by atoms with Crippen molar-refractivity contribution >= 4 is 5.97 Å². The number of aromatic carboxylic acids is 1. The zero-order chi connectivity index (χ0) is 13.3. The van der Waals surface area contributed by atoms with Crippen molar-refractivity contribution in [3.05, 3.63) is 57.4 Å². The Kier molecular flexibility index (Phi) is 3.06. The Labute approximate surface area is 103 Å². The van der Waals surface area contributed by atoms with Gasteiger partial charge in [-0.1, -0.05) is 6.07 Å². The van der Waals surface area contributed by atoms with Crippen molar-refractivity contribution in [2.75, 3.05) is 0 Å². The average molecular weight is 247 g/mol. The predicted octanol–water partition coefficient (Wildman–Crippen LogP) is 1.80. The highest BCUT2D eigenvalue weighted by molar-refractivity contribution is 5.84. The molecule has 2 heterocycles. The Morgan fingerprint density at radius 2 is 2.17 bits per heavy atom. The maximum absolute atomic E-state index is 11.8. The summed E-state index contributed by atoms with van der Waals surface area (Å²) in [6.45, 7) is 3.73. The summed E-state index contributed by atoms with van der Waals surface area (Å²) >= 11 is 0. The molecule has 94 valence electrons. The number of carboxylic acid groups (broad SMARTS) is 1. The molecule has 0 radical (unpaired) electrons. The Balaban J connectivity index is 2.37. The van der Waals surface area contributed by atoms with Crippen LogP contribution in [-0.2, 0) is 6.54 Å². The van der Waals surface area contributed by atoms with Gasteiger partial charge in [-0.25, -0.2) is 4.79 Å². The minimum atomic E-state index is -1.11. The lowest BCUT2D eigenvalue weighted by molar-refractivity contribution is 0.0661. The second-order valence-corrected chi connectivity index (χ2v) is 4.12. The monoisotopic (exact) mass is 247 g/mol. The number of aromatic nitrogens is 1. The van der Waals surface area contributed by atoms with Crippen LogP contribution < -0.4 is 5.56 Å². The van der Waals surface area contributed by atoms with Crippen LogP contribution in [0.1, 0.15) is 27.4 Å². The first kappa shape index (κ1) is 12.2. The van der Waals surface area contributed by atoms with Gasteiger partial charge in [0, 0.05) is 17.3 Å². The van der Waals surface area contributed by atoms with Crippen molar-refractivity contribution in [1.29, 1.82) is 0 Å². The van der Waals surface area contributed by atoms with Crippen molar-refractivity contribution in [2.24, 2.45) is 0 Å². The molecule has 18 heavy (non-hydrogen) atoms. The fourth-order valence-corrected chi connectivity index (χ4v) is 1.75. The molecular formula is C13H13NO4. The van der Waals surface area contributed by atoms with Crippen molar-refractivity contribution in [1.82, 2.24) is 4.57 Å². The molecular weight excluding hydrogens is 234 g/mol. The Bertz CT molecular complexity index is 651. The predicted molar refractivity (Wildman–Crippen MR) is 64.9 cm³/mol. The largest absolute Gasteiger partial charge is 0.475 e. The molecule has 0 saturated carbocycles. The number of carbonyl (C=O) groups is 1. The van der Waals surface area contributed by atoms with Gasteiger partial charge in [-0.2, -0.15) is 0 Å². The van der Waals surface area contributed by atoms with Gasteiger partial charge in [0.15, 0.2) is 0 Å². The van der Waals surface area contributed by atoms with Gasteiger partial charge in [-0.15, -0.1) is 0 Å². The molecule has 0 bridgehead atoms. The van der Waals surface area contributed by atoms with E-state index in [2.05, 4.69) is 0 Å². The van der Waals surface area contributed by atoms with Gasteiger partial charge < -0.3 is 14.1 Å².